The summed E-state index contributed by atoms with van der Waals surface area (Å²) in [5, 5.41) is 5.95. The first-order valence-electron chi connectivity index (χ1n) is 7.61. The molecule has 1 N–H and O–H groups in total. The molecule has 3 rings (SSSR count). The van der Waals surface area contributed by atoms with Gasteiger partial charge in [0, 0.05) is 0 Å². The van der Waals surface area contributed by atoms with Crippen molar-refractivity contribution in [2.75, 3.05) is 25.0 Å². The summed E-state index contributed by atoms with van der Waals surface area (Å²) in [4.78, 5) is 10.2. The summed E-state index contributed by atoms with van der Waals surface area (Å²) in [6, 6.07) is 15.4. The SMILES string of the molecule is Clc1cccc(Cl)c1NC1=NCCN1OC/C=C/c1ccccc1. The molecule has 2 aromatic carbocycles. The molecule has 0 aromatic heterocycles. The van der Waals surface area contributed by atoms with Crippen LogP contribution in [0.25, 0.3) is 6.08 Å². The number of hydrogen-bond acceptors (Lipinski definition) is 4. The Morgan fingerprint density at radius 1 is 1.08 bits per heavy atom. The molecule has 0 spiro atoms. The van der Waals surface area contributed by atoms with Crippen LogP contribution in [0.4, 0.5) is 5.69 Å². The second-order valence-corrected chi connectivity index (χ2v) is 5.95. The van der Waals surface area contributed by atoms with E-state index >= 15 is 0 Å². The first-order chi connectivity index (χ1) is 11.7. The van der Waals surface area contributed by atoms with Crippen molar-refractivity contribution in [2.45, 2.75) is 0 Å². The standard InChI is InChI=1S/C18H17Cl2N3O/c19-15-9-4-10-16(20)17(15)22-18-21-11-12-23(18)24-13-5-8-14-6-2-1-3-7-14/h1-10H,11-13H2,(H,21,22)/b8-5+. The van der Waals surface area contributed by atoms with Gasteiger partial charge in [0.05, 0.1) is 35.4 Å². The zero-order valence-corrected chi connectivity index (χ0v) is 14.5. The molecule has 0 aliphatic carbocycles. The fourth-order valence-electron chi connectivity index (χ4n) is 2.27. The Labute approximate surface area is 151 Å². The summed E-state index contributed by atoms with van der Waals surface area (Å²) < 4.78 is 0. The third-order valence-corrected chi connectivity index (χ3v) is 4.07. The maximum atomic E-state index is 6.18. The number of benzene rings is 2. The molecule has 24 heavy (non-hydrogen) atoms. The lowest BCUT2D eigenvalue weighted by atomic mass is 10.2. The van der Waals surface area contributed by atoms with E-state index in [1.807, 2.05) is 42.5 Å². The molecule has 0 fully saturated rings. The van der Waals surface area contributed by atoms with Crippen molar-refractivity contribution < 1.29 is 4.84 Å². The number of aliphatic imine (C=N–C) groups is 1. The van der Waals surface area contributed by atoms with E-state index in [1.54, 1.807) is 23.3 Å². The van der Waals surface area contributed by atoms with Crippen molar-refractivity contribution in [3.05, 3.63) is 70.2 Å². The zero-order chi connectivity index (χ0) is 16.8. The van der Waals surface area contributed by atoms with Crippen molar-refractivity contribution >= 4 is 40.9 Å². The lowest BCUT2D eigenvalue weighted by Crippen LogP contribution is -2.33. The van der Waals surface area contributed by atoms with E-state index in [2.05, 4.69) is 10.3 Å². The number of hydroxylamine groups is 2. The van der Waals surface area contributed by atoms with Gasteiger partial charge < -0.3 is 5.32 Å². The Hall–Kier alpha value is -2.01. The Morgan fingerprint density at radius 2 is 1.83 bits per heavy atom. The summed E-state index contributed by atoms with van der Waals surface area (Å²) in [6.45, 7) is 1.79. The summed E-state index contributed by atoms with van der Waals surface area (Å²) >= 11 is 12.4. The predicted molar refractivity (Wildman–Crippen MR) is 101 cm³/mol. The fraction of sp³-hybridized carbons (Fsp3) is 0.167. The predicted octanol–water partition coefficient (Wildman–Crippen LogP) is 4.72. The first-order valence-corrected chi connectivity index (χ1v) is 8.37. The Balaban J connectivity index is 1.57. The van der Waals surface area contributed by atoms with E-state index in [4.69, 9.17) is 28.0 Å². The number of para-hydroxylation sites is 1. The van der Waals surface area contributed by atoms with Crippen molar-refractivity contribution in [1.82, 2.24) is 5.06 Å². The quantitative estimate of drug-likeness (QED) is 0.836. The van der Waals surface area contributed by atoms with Crippen molar-refractivity contribution in [3.63, 3.8) is 0 Å². The van der Waals surface area contributed by atoms with Crippen LogP contribution in [0.2, 0.25) is 10.0 Å². The van der Waals surface area contributed by atoms with Crippen molar-refractivity contribution in [1.29, 1.82) is 0 Å². The molecular formula is C18H17Cl2N3O. The van der Waals surface area contributed by atoms with Crippen molar-refractivity contribution in [2.24, 2.45) is 4.99 Å². The molecule has 0 atom stereocenters. The molecule has 0 saturated heterocycles. The minimum absolute atomic E-state index is 0.450. The van der Waals surface area contributed by atoms with Gasteiger partial charge in [-0.25, -0.2) is 10.1 Å². The summed E-state index contributed by atoms with van der Waals surface area (Å²) in [5.41, 5.74) is 1.77. The summed E-state index contributed by atoms with van der Waals surface area (Å²) in [6.07, 6.45) is 3.99. The van der Waals surface area contributed by atoms with Crippen LogP contribution in [0.15, 0.2) is 59.6 Å². The third kappa shape index (κ3) is 4.29. The topological polar surface area (TPSA) is 36.9 Å². The number of nitrogens with zero attached hydrogens (tertiary/aromatic N) is 2. The molecule has 2 aromatic rings. The second kappa shape index (κ2) is 8.20. The van der Waals surface area contributed by atoms with Crippen LogP contribution in [0.1, 0.15) is 5.56 Å². The average molecular weight is 362 g/mol. The number of anilines is 1. The smallest absolute Gasteiger partial charge is 0.223 e. The lowest BCUT2D eigenvalue weighted by Gasteiger charge is -2.20. The largest absolute Gasteiger partial charge is 0.322 e. The highest BCUT2D eigenvalue weighted by Gasteiger charge is 2.19. The molecule has 0 unspecified atom stereocenters. The molecule has 0 bridgehead atoms. The Morgan fingerprint density at radius 3 is 2.58 bits per heavy atom. The molecule has 0 saturated carbocycles. The molecule has 1 aliphatic heterocycles. The Bertz CT molecular complexity index is 727. The van der Waals surface area contributed by atoms with Gasteiger partial charge in [0.1, 0.15) is 0 Å². The van der Waals surface area contributed by atoms with Gasteiger partial charge in [0.25, 0.3) is 0 Å². The van der Waals surface area contributed by atoms with E-state index in [1.165, 1.54) is 0 Å². The number of hydrogen-bond donors (Lipinski definition) is 1. The van der Waals surface area contributed by atoms with Crippen LogP contribution in [0.3, 0.4) is 0 Å². The maximum Gasteiger partial charge on any atom is 0.223 e. The highest BCUT2D eigenvalue weighted by molar-refractivity contribution is 6.39. The highest BCUT2D eigenvalue weighted by atomic mass is 35.5. The number of halogens is 2. The van der Waals surface area contributed by atoms with Gasteiger partial charge in [-0.3, -0.25) is 4.84 Å². The van der Waals surface area contributed by atoms with Crippen LogP contribution in [-0.4, -0.2) is 30.7 Å². The molecule has 124 valence electrons. The van der Waals surface area contributed by atoms with E-state index in [0.29, 0.717) is 41.4 Å². The first kappa shape index (κ1) is 16.8. The summed E-state index contributed by atoms with van der Waals surface area (Å²) in [5.74, 6) is 0.609. The lowest BCUT2D eigenvalue weighted by molar-refractivity contribution is -0.0764. The van der Waals surface area contributed by atoms with E-state index in [9.17, 15) is 0 Å². The van der Waals surface area contributed by atoms with E-state index in [-0.39, 0.29) is 0 Å². The minimum atomic E-state index is 0.450. The van der Waals surface area contributed by atoms with Gasteiger partial charge in [-0.05, 0) is 17.7 Å². The van der Waals surface area contributed by atoms with Crippen LogP contribution in [0, 0.1) is 0 Å². The molecule has 6 heteroatoms. The maximum absolute atomic E-state index is 6.18. The van der Waals surface area contributed by atoms with Crippen LogP contribution in [-0.2, 0) is 4.84 Å². The van der Waals surface area contributed by atoms with Crippen molar-refractivity contribution in [3.8, 4) is 0 Å². The fourth-order valence-corrected chi connectivity index (χ4v) is 2.76. The summed E-state index contributed by atoms with van der Waals surface area (Å²) in [7, 11) is 0. The number of guanidine groups is 1. The minimum Gasteiger partial charge on any atom is -0.322 e. The third-order valence-electron chi connectivity index (χ3n) is 3.44. The highest BCUT2D eigenvalue weighted by Crippen LogP contribution is 2.30. The monoisotopic (exact) mass is 361 g/mol. The molecule has 1 heterocycles. The molecule has 1 aliphatic rings. The van der Waals surface area contributed by atoms with Gasteiger partial charge in [-0.1, -0.05) is 71.8 Å². The van der Waals surface area contributed by atoms with Crippen LogP contribution in [0.5, 0.6) is 0 Å². The average Bonchev–Trinajstić information content (AvgIpc) is 3.03. The van der Waals surface area contributed by atoms with Gasteiger partial charge in [-0.2, -0.15) is 0 Å². The molecule has 0 radical (unpaired) electrons. The molecular weight excluding hydrogens is 345 g/mol. The molecule has 0 amide bonds. The van der Waals surface area contributed by atoms with Crippen LogP contribution < -0.4 is 5.32 Å². The van der Waals surface area contributed by atoms with Crippen LogP contribution >= 0.6 is 23.2 Å². The van der Waals surface area contributed by atoms with Gasteiger partial charge >= 0.3 is 0 Å². The second-order valence-electron chi connectivity index (χ2n) is 5.14. The number of rotatable bonds is 5. The molecule has 4 nitrogen and oxygen atoms in total. The Kier molecular flexibility index (Phi) is 5.75. The van der Waals surface area contributed by atoms with E-state index < -0.39 is 0 Å². The van der Waals surface area contributed by atoms with Gasteiger partial charge in [-0.15, -0.1) is 0 Å². The van der Waals surface area contributed by atoms with E-state index in [0.717, 1.165) is 5.56 Å². The number of nitrogens with one attached hydrogen (secondary N) is 1. The zero-order valence-electron chi connectivity index (χ0n) is 13.0. The normalized spacial score (nSPS) is 14.2. The van der Waals surface area contributed by atoms with Gasteiger partial charge in [0.15, 0.2) is 0 Å². The van der Waals surface area contributed by atoms with Gasteiger partial charge in [0.2, 0.25) is 5.96 Å².